The van der Waals surface area contributed by atoms with Gasteiger partial charge in [-0.25, -0.2) is 14.8 Å². The van der Waals surface area contributed by atoms with Gasteiger partial charge in [-0.1, -0.05) is 0 Å². The van der Waals surface area contributed by atoms with Gasteiger partial charge in [-0.3, -0.25) is 0 Å². The molecule has 15 heavy (non-hydrogen) atoms. The maximum atomic E-state index is 11.4. The monoisotopic (exact) mass is 209 g/mol. The van der Waals surface area contributed by atoms with Gasteiger partial charge in [0.15, 0.2) is 0 Å². The fraction of sp³-hybridized carbons (Fsp3) is 0.500. The number of hydrogen-bond acceptors (Lipinski definition) is 5. The highest BCUT2D eigenvalue weighted by molar-refractivity contribution is 5.94. The Balaban J connectivity index is 3.02. The van der Waals surface area contributed by atoms with Crippen LogP contribution in [0.3, 0.4) is 0 Å². The average molecular weight is 209 g/mol. The van der Waals surface area contributed by atoms with Crippen molar-refractivity contribution in [3.05, 3.63) is 18.1 Å². The third kappa shape index (κ3) is 3.19. The number of aromatic nitrogens is 2. The van der Waals surface area contributed by atoms with E-state index in [9.17, 15) is 4.79 Å². The van der Waals surface area contributed by atoms with Gasteiger partial charge in [-0.05, 0) is 20.8 Å². The summed E-state index contributed by atoms with van der Waals surface area (Å²) in [5.41, 5.74) is 0.173. The van der Waals surface area contributed by atoms with Gasteiger partial charge in [0.25, 0.3) is 0 Å². The summed E-state index contributed by atoms with van der Waals surface area (Å²) in [5, 5.41) is 3.11. The van der Waals surface area contributed by atoms with Crippen LogP contribution in [-0.4, -0.2) is 28.6 Å². The first kappa shape index (κ1) is 11.4. The number of methoxy groups -OCH3 is 1. The Morgan fingerprint density at radius 1 is 1.47 bits per heavy atom. The molecule has 5 heteroatoms. The second-order valence-electron chi connectivity index (χ2n) is 4.15. The van der Waals surface area contributed by atoms with Crippen molar-refractivity contribution in [2.75, 3.05) is 12.4 Å². The molecule has 0 amide bonds. The third-order valence-corrected chi connectivity index (χ3v) is 1.61. The van der Waals surface area contributed by atoms with Crippen molar-refractivity contribution in [2.24, 2.45) is 0 Å². The van der Waals surface area contributed by atoms with Gasteiger partial charge in [0.1, 0.15) is 17.7 Å². The topological polar surface area (TPSA) is 64.1 Å². The summed E-state index contributed by atoms with van der Waals surface area (Å²) < 4.78 is 4.63. The maximum Gasteiger partial charge on any atom is 0.343 e. The van der Waals surface area contributed by atoms with E-state index in [1.807, 2.05) is 20.8 Å². The van der Waals surface area contributed by atoms with Crippen LogP contribution in [-0.2, 0) is 4.74 Å². The average Bonchev–Trinajstić information content (AvgIpc) is 2.15. The molecule has 0 saturated heterocycles. The first-order valence-electron chi connectivity index (χ1n) is 4.60. The molecule has 0 unspecified atom stereocenters. The normalized spacial score (nSPS) is 10.9. The van der Waals surface area contributed by atoms with Crippen LogP contribution in [0, 0.1) is 0 Å². The molecule has 1 heterocycles. The molecule has 1 aromatic rings. The Labute approximate surface area is 88.9 Å². The van der Waals surface area contributed by atoms with Gasteiger partial charge in [-0.15, -0.1) is 0 Å². The lowest BCUT2D eigenvalue weighted by Crippen LogP contribution is -2.28. The summed E-state index contributed by atoms with van der Waals surface area (Å²) in [7, 11) is 1.33. The van der Waals surface area contributed by atoms with E-state index in [0.29, 0.717) is 11.4 Å². The molecular formula is C10H15N3O2. The van der Waals surface area contributed by atoms with Crippen LogP contribution in [0.2, 0.25) is 0 Å². The quantitative estimate of drug-likeness (QED) is 0.747. The lowest BCUT2D eigenvalue weighted by molar-refractivity contribution is 0.0601. The molecule has 0 spiro atoms. The standard InChI is InChI=1S/C10H15N3O2/c1-10(2,3)13-8-7(9(14)15-4)5-11-6-12-8/h5-6H,1-4H3,(H,11,12,13). The van der Waals surface area contributed by atoms with Crippen LogP contribution in [0.1, 0.15) is 31.1 Å². The van der Waals surface area contributed by atoms with Crippen molar-refractivity contribution in [1.82, 2.24) is 9.97 Å². The second kappa shape index (κ2) is 4.25. The first-order valence-corrected chi connectivity index (χ1v) is 4.60. The Morgan fingerprint density at radius 3 is 2.67 bits per heavy atom. The highest BCUT2D eigenvalue weighted by Crippen LogP contribution is 2.16. The molecule has 1 aromatic heterocycles. The van der Waals surface area contributed by atoms with E-state index in [4.69, 9.17) is 0 Å². The van der Waals surface area contributed by atoms with Crippen LogP contribution < -0.4 is 5.32 Å². The van der Waals surface area contributed by atoms with Gasteiger partial charge in [0, 0.05) is 11.7 Å². The molecule has 0 aliphatic rings. The summed E-state index contributed by atoms with van der Waals surface area (Å²) in [6.45, 7) is 5.95. The van der Waals surface area contributed by atoms with Gasteiger partial charge >= 0.3 is 5.97 Å². The van der Waals surface area contributed by atoms with Crippen molar-refractivity contribution in [3.8, 4) is 0 Å². The third-order valence-electron chi connectivity index (χ3n) is 1.61. The predicted octanol–water partition coefficient (Wildman–Crippen LogP) is 1.47. The largest absolute Gasteiger partial charge is 0.465 e. The fourth-order valence-corrected chi connectivity index (χ4v) is 1.04. The number of carbonyl (C=O) groups is 1. The van der Waals surface area contributed by atoms with Crippen LogP contribution in [0.5, 0.6) is 0 Å². The van der Waals surface area contributed by atoms with E-state index in [1.165, 1.54) is 19.6 Å². The molecule has 0 saturated carbocycles. The van der Waals surface area contributed by atoms with Crippen molar-refractivity contribution in [3.63, 3.8) is 0 Å². The molecule has 82 valence electrons. The van der Waals surface area contributed by atoms with E-state index in [1.54, 1.807) is 0 Å². The number of rotatable bonds is 2. The minimum absolute atomic E-state index is 0.170. The number of carbonyl (C=O) groups excluding carboxylic acids is 1. The number of nitrogens with zero attached hydrogens (tertiary/aromatic N) is 2. The van der Waals surface area contributed by atoms with Crippen molar-refractivity contribution in [1.29, 1.82) is 0 Å². The highest BCUT2D eigenvalue weighted by atomic mass is 16.5. The van der Waals surface area contributed by atoms with E-state index < -0.39 is 5.97 Å². The van der Waals surface area contributed by atoms with Crippen LogP contribution in [0.15, 0.2) is 12.5 Å². The molecule has 0 aromatic carbocycles. The molecule has 0 aliphatic heterocycles. The van der Waals surface area contributed by atoms with Crippen molar-refractivity contribution in [2.45, 2.75) is 26.3 Å². The van der Waals surface area contributed by atoms with E-state index >= 15 is 0 Å². The Kier molecular flexibility index (Phi) is 3.24. The first-order chi connectivity index (χ1) is 6.94. The van der Waals surface area contributed by atoms with E-state index in [2.05, 4.69) is 20.0 Å². The summed E-state index contributed by atoms with van der Waals surface area (Å²) >= 11 is 0. The molecule has 1 rings (SSSR count). The lowest BCUT2D eigenvalue weighted by atomic mass is 10.1. The molecule has 0 radical (unpaired) electrons. The van der Waals surface area contributed by atoms with Crippen LogP contribution in [0.4, 0.5) is 5.82 Å². The van der Waals surface area contributed by atoms with Gasteiger partial charge in [-0.2, -0.15) is 0 Å². The summed E-state index contributed by atoms with van der Waals surface area (Å²) in [5.74, 6) is 0.0479. The number of anilines is 1. The van der Waals surface area contributed by atoms with E-state index in [-0.39, 0.29) is 5.54 Å². The smallest absolute Gasteiger partial charge is 0.343 e. The number of esters is 1. The van der Waals surface area contributed by atoms with E-state index in [0.717, 1.165) is 0 Å². The number of nitrogens with one attached hydrogen (secondary N) is 1. The zero-order valence-corrected chi connectivity index (χ0v) is 9.37. The summed E-state index contributed by atoms with van der Waals surface area (Å²) in [4.78, 5) is 19.2. The Hall–Kier alpha value is -1.65. The summed E-state index contributed by atoms with van der Waals surface area (Å²) in [6, 6.07) is 0. The molecular weight excluding hydrogens is 194 g/mol. The maximum absolute atomic E-state index is 11.4. The molecule has 0 bridgehead atoms. The van der Waals surface area contributed by atoms with Crippen molar-refractivity contribution >= 4 is 11.8 Å². The Morgan fingerprint density at radius 2 is 2.13 bits per heavy atom. The number of hydrogen-bond donors (Lipinski definition) is 1. The summed E-state index contributed by atoms with van der Waals surface area (Å²) in [6.07, 6.45) is 2.83. The van der Waals surface area contributed by atoms with Gasteiger partial charge in [0.2, 0.25) is 0 Å². The molecule has 0 aliphatic carbocycles. The molecule has 5 nitrogen and oxygen atoms in total. The molecule has 0 fully saturated rings. The lowest BCUT2D eigenvalue weighted by Gasteiger charge is -2.22. The molecule has 1 N–H and O–H groups in total. The number of ether oxygens (including phenoxy) is 1. The fourth-order valence-electron chi connectivity index (χ4n) is 1.04. The molecule has 0 atom stereocenters. The second-order valence-corrected chi connectivity index (χ2v) is 4.15. The van der Waals surface area contributed by atoms with Crippen LogP contribution >= 0.6 is 0 Å². The van der Waals surface area contributed by atoms with Gasteiger partial charge in [0.05, 0.1) is 7.11 Å². The minimum Gasteiger partial charge on any atom is -0.465 e. The SMILES string of the molecule is COC(=O)c1cncnc1NC(C)(C)C. The predicted molar refractivity (Wildman–Crippen MR) is 56.7 cm³/mol. The van der Waals surface area contributed by atoms with Crippen molar-refractivity contribution < 1.29 is 9.53 Å². The minimum atomic E-state index is -0.442. The highest BCUT2D eigenvalue weighted by Gasteiger charge is 2.17. The zero-order valence-electron chi connectivity index (χ0n) is 9.37. The van der Waals surface area contributed by atoms with Gasteiger partial charge < -0.3 is 10.1 Å². The Bertz CT molecular complexity index is 358. The van der Waals surface area contributed by atoms with Crippen LogP contribution in [0.25, 0.3) is 0 Å². The zero-order chi connectivity index (χ0) is 11.5.